The number of β-amino-alcohol motifs (C(OH)–C–C–N with tert-alkyl or cyclic N) is 1. The van der Waals surface area contributed by atoms with Crippen LogP contribution in [-0.2, 0) is 11.0 Å². The molecule has 0 spiro atoms. The van der Waals surface area contributed by atoms with Gasteiger partial charge in [0, 0.05) is 19.3 Å². The summed E-state index contributed by atoms with van der Waals surface area (Å²) in [5.41, 5.74) is -1.06. The number of rotatable bonds is 4. The Morgan fingerprint density at radius 2 is 2.24 bits per heavy atom. The van der Waals surface area contributed by atoms with Gasteiger partial charge in [0.15, 0.2) is 0 Å². The van der Waals surface area contributed by atoms with Gasteiger partial charge >= 0.3 is 6.18 Å². The number of aliphatic hydroxyl groups excluding tert-OH is 1. The molecule has 0 saturated carbocycles. The first kappa shape index (κ1) is 15.5. The third kappa shape index (κ3) is 3.81. The number of amides is 1. The Morgan fingerprint density at radius 3 is 2.90 bits per heavy atom. The summed E-state index contributed by atoms with van der Waals surface area (Å²) in [5.74, 6) is -0.495. The van der Waals surface area contributed by atoms with Gasteiger partial charge in [-0.2, -0.15) is 13.2 Å². The predicted octanol–water partition coefficient (Wildman–Crippen LogP) is 0.891. The molecule has 2 N–H and O–H groups in total. The van der Waals surface area contributed by atoms with E-state index >= 15 is 0 Å². The zero-order valence-electron chi connectivity index (χ0n) is 11.1. The molecule has 1 aromatic rings. The van der Waals surface area contributed by atoms with Crippen LogP contribution in [0.15, 0.2) is 12.3 Å². The van der Waals surface area contributed by atoms with Gasteiger partial charge in [0.1, 0.15) is 11.7 Å². The smallest absolute Gasteiger partial charge is 0.395 e. The summed E-state index contributed by atoms with van der Waals surface area (Å²) in [4.78, 5) is 20.6. The van der Waals surface area contributed by atoms with E-state index in [1.54, 1.807) is 0 Å². The van der Waals surface area contributed by atoms with Gasteiger partial charge in [-0.25, -0.2) is 9.97 Å². The Kier molecular flexibility index (Phi) is 4.61. The molecule has 1 atom stereocenters. The second-order valence-electron chi connectivity index (χ2n) is 4.65. The van der Waals surface area contributed by atoms with E-state index in [2.05, 4.69) is 15.3 Å². The van der Waals surface area contributed by atoms with Crippen molar-refractivity contribution in [3.8, 4) is 0 Å². The molecule has 1 fully saturated rings. The summed E-state index contributed by atoms with van der Waals surface area (Å²) in [6.07, 6.45) is -2.38. The van der Waals surface area contributed by atoms with E-state index in [-0.39, 0.29) is 25.0 Å². The Bertz CT molecular complexity index is 508. The molecule has 1 aliphatic heterocycles. The van der Waals surface area contributed by atoms with E-state index in [1.807, 2.05) is 0 Å². The third-order valence-corrected chi connectivity index (χ3v) is 3.15. The summed E-state index contributed by atoms with van der Waals surface area (Å²) in [7, 11) is 0. The Morgan fingerprint density at radius 1 is 1.48 bits per heavy atom. The Balaban J connectivity index is 2.09. The number of nitrogens with one attached hydrogen (secondary N) is 1. The first-order chi connectivity index (χ1) is 9.91. The number of carbonyl (C=O) groups is 1. The number of hydrogen-bond acceptors (Lipinski definition) is 5. The quantitative estimate of drug-likeness (QED) is 0.864. The van der Waals surface area contributed by atoms with E-state index < -0.39 is 17.9 Å². The second kappa shape index (κ2) is 6.25. The molecule has 1 amide bonds. The highest BCUT2D eigenvalue weighted by atomic mass is 19.4. The zero-order valence-corrected chi connectivity index (χ0v) is 11.1. The number of piperidine rings is 1. The van der Waals surface area contributed by atoms with Crippen molar-refractivity contribution in [1.29, 1.82) is 0 Å². The van der Waals surface area contributed by atoms with Crippen molar-refractivity contribution in [1.82, 2.24) is 14.9 Å². The molecular formula is C12H15F3N4O2. The predicted molar refractivity (Wildman–Crippen MR) is 67.3 cm³/mol. The maximum Gasteiger partial charge on any atom is 0.433 e. The number of carbonyl (C=O) groups excluding carboxylic acids is 1. The van der Waals surface area contributed by atoms with Crippen LogP contribution >= 0.6 is 0 Å². The zero-order chi connectivity index (χ0) is 15.5. The number of likely N-dealkylation sites (tertiary alicyclic amines) is 1. The summed E-state index contributed by atoms with van der Waals surface area (Å²) < 4.78 is 37.7. The molecule has 1 aliphatic rings. The summed E-state index contributed by atoms with van der Waals surface area (Å²) in [6, 6.07) is 0.0974. The number of alkyl halides is 3. The molecule has 9 heteroatoms. The normalized spacial score (nSPS) is 19.7. The number of aliphatic hydroxyl groups is 1. The van der Waals surface area contributed by atoms with E-state index in [1.165, 1.54) is 4.90 Å². The van der Waals surface area contributed by atoms with Crippen LogP contribution < -0.4 is 5.32 Å². The number of halogens is 3. The van der Waals surface area contributed by atoms with Crippen molar-refractivity contribution >= 4 is 11.9 Å². The van der Waals surface area contributed by atoms with Gasteiger partial charge in [-0.1, -0.05) is 0 Å². The van der Waals surface area contributed by atoms with Crippen LogP contribution in [0.5, 0.6) is 0 Å². The fraction of sp³-hybridized carbons (Fsp3) is 0.583. The molecule has 0 aromatic carbocycles. The van der Waals surface area contributed by atoms with Crippen molar-refractivity contribution in [3.05, 3.63) is 18.0 Å². The van der Waals surface area contributed by atoms with Crippen molar-refractivity contribution in [3.63, 3.8) is 0 Å². The lowest BCUT2D eigenvalue weighted by atomic mass is 10.1. The van der Waals surface area contributed by atoms with Crippen LogP contribution in [0.25, 0.3) is 0 Å². The highest BCUT2D eigenvalue weighted by Crippen LogP contribution is 2.27. The minimum atomic E-state index is -4.56. The average Bonchev–Trinajstić information content (AvgIpc) is 2.43. The lowest BCUT2D eigenvalue weighted by molar-refractivity contribution is -0.141. The van der Waals surface area contributed by atoms with Crippen LogP contribution in [0.2, 0.25) is 0 Å². The lowest BCUT2D eigenvalue weighted by Gasteiger charge is -2.32. The maximum absolute atomic E-state index is 12.6. The molecule has 2 heterocycles. The first-order valence-electron chi connectivity index (χ1n) is 6.48. The number of hydrogen-bond donors (Lipinski definition) is 2. The van der Waals surface area contributed by atoms with E-state index in [4.69, 9.17) is 5.11 Å². The standard InChI is InChI=1S/C12H15F3N4O2/c13-12(14,15)9-3-4-16-11(18-9)17-8-2-1-5-19(6-7-20)10(8)21/h3-4,8,20H,1-2,5-7H2,(H,16,17,18). The van der Waals surface area contributed by atoms with Gasteiger partial charge in [-0.15, -0.1) is 0 Å². The van der Waals surface area contributed by atoms with E-state index in [0.29, 0.717) is 19.4 Å². The molecular weight excluding hydrogens is 289 g/mol. The van der Waals surface area contributed by atoms with Crippen molar-refractivity contribution < 1.29 is 23.1 Å². The minimum Gasteiger partial charge on any atom is -0.395 e. The van der Waals surface area contributed by atoms with Crippen LogP contribution in [0.1, 0.15) is 18.5 Å². The monoisotopic (exact) mass is 304 g/mol. The molecule has 0 aliphatic carbocycles. The highest BCUT2D eigenvalue weighted by molar-refractivity contribution is 5.84. The fourth-order valence-corrected chi connectivity index (χ4v) is 2.16. The van der Waals surface area contributed by atoms with Crippen molar-refractivity contribution in [2.45, 2.75) is 25.1 Å². The number of aromatic nitrogens is 2. The maximum atomic E-state index is 12.6. The van der Waals surface area contributed by atoms with Gasteiger partial charge in [0.25, 0.3) is 0 Å². The molecule has 2 rings (SSSR count). The molecule has 0 bridgehead atoms. The van der Waals surface area contributed by atoms with Gasteiger partial charge < -0.3 is 15.3 Å². The minimum absolute atomic E-state index is 0.154. The first-order valence-corrected chi connectivity index (χ1v) is 6.48. The average molecular weight is 304 g/mol. The topological polar surface area (TPSA) is 78.4 Å². The molecule has 1 unspecified atom stereocenters. The Labute approximate surface area is 119 Å². The van der Waals surface area contributed by atoms with Gasteiger partial charge in [0.2, 0.25) is 11.9 Å². The molecule has 0 radical (unpaired) electrons. The second-order valence-corrected chi connectivity index (χ2v) is 4.65. The van der Waals surface area contributed by atoms with E-state index in [0.717, 1.165) is 12.3 Å². The number of anilines is 1. The fourth-order valence-electron chi connectivity index (χ4n) is 2.16. The summed E-state index contributed by atoms with van der Waals surface area (Å²) in [6.45, 7) is 0.583. The molecule has 1 saturated heterocycles. The molecule has 21 heavy (non-hydrogen) atoms. The van der Waals surface area contributed by atoms with Crippen LogP contribution in [0, 0.1) is 0 Å². The van der Waals surface area contributed by atoms with Gasteiger partial charge in [0.05, 0.1) is 6.61 Å². The van der Waals surface area contributed by atoms with Crippen molar-refractivity contribution in [2.24, 2.45) is 0 Å². The van der Waals surface area contributed by atoms with Gasteiger partial charge in [-0.3, -0.25) is 4.79 Å². The van der Waals surface area contributed by atoms with Gasteiger partial charge in [-0.05, 0) is 18.9 Å². The largest absolute Gasteiger partial charge is 0.433 e. The van der Waals surface area contributed by atoms with Crippen LogP contribution in [-0.4, -0.2) is 51.6 Å². The number of nitrogens with zero attached hydrogens (tertiary/aromatic N) is 3. The molecule has 1 aromatic heterocycles. The van der Waals surface area contributed by atoms with Crippen LogP contribution in [0.3, 0.4) is 0 Å². The third-order valence-electron chi connectivity index (χ3n) is 3.15. The summed E-state index contributed by atoms with van der Waals surface area (Å²) >= 11 is 0. The highest BCUT2D eigenvalue weighted by Gasteiger charge is 2.34. The van der Waals surface area contributed by atoms with Crippen LogP contribution in [0.4, 0.5) is 19.1 Å². The van der Waals surface area contributed by atoms with Crippen molar-refractivity contribution in [2.75, 3.05) is 25.0 Å². The molecule has 116 valence electrons. The lowest BCUT2D eigenvalue weighted by Crippen LogP contribution is -2.48. The SMILES string of the molecule is O=C1C(Nc2nccc(C(F)(F)F)n2)CCCN1CCO. The summed E-state index contributed by atoms with van der Waals surface area (Å²) in [5, 5.41) is 11.5. The van der Waals surface area contributed by atoms with E-state index in [9.17, 15) is 18.0 Å². The molecule has 6 nitrogen and oxygen atoms in total. The Hall–Kier alpha value is -1.90.